The van der Waals surface area contributed by atoms with E-state index in [1.807, 2.05) is 30.3 Å². The van der Waals surface area contributed by atoms with Crippen molar-refractivity contribution in [3.8, 4) is 16.9 Å². The molecule has 0 N–H and O–H groups in total. The Morgan fingerprint density at radius 2 is 1.80 bits per heavy atom. The Labute approximate surface area is 145 Å². The molecular weight excluding hydrogens is 312 g/mol. The average Bonchev–Trinajstić information content (AvgIpc) is 3.17. The number of pyridine rings is 2. The monoisotopic (exact) mass is 330 g/mol. The Hall–Kier alpha value is -3.21. The summed E-state index contributed by atoms with van der Waals surface area (Å²) in [5.41, 5.74) is 5.38. The fourth-order valence-corrected chi connectivity index (χ4v) is 3.10. The number of hydrogen-bond donors (Lipinski definition) is 0. The van der Waals surface area contributed by atoms with E-state index in [-0.39, 0.29) is 0 Å². The first kappa shape index (κ1) is 15.3. The molecule has 0 saturated carbocycles. The maximum atomic E-state index is 5.45. The summed E-state index contributed by atoms with van der Waals surface area (Å²) in [6.07, 6.45) is 7.13. The summed E-state index contributed by atoms with van der Waals surface area (Å²) < 4.78 is 7.51. The van der Waals surface area contributed by atoms with Gasteiger partial charge in [0.2, 0.25) is 0 Å². The van der Waals surface area contributed by atoms with Gasteiger partial charge in [-0.3, -0.25) is 9.38 Å². The highest BCUT2D eigenvalue weighted by Gasteiger charge is 2.10. The second-order valence-corrected chi connectivity index (χ2v) is 5.81. The van der Waals surface area contributed by atoms with E-state index in [9.17, 15) is 0 Å². The maximum absolute atomic E-state index is 5.45. The van der Waals surface area contributed by atoms with Crippen LogP contribution in [0.5, 0.6) is 5.75 Å². The molecule has 4 aromatic rings. The van der Waals surface area contributed by atoms with Crippen LogP contribution in [-0.2, 0) is 12.8 Å². The topological polar surface area (TPSA) is 52.3 Å². The molecule has 3 heterocycles. The Morgan fingerprint density at radius 3 is 2.64 bits per heavy atom. The van der Waals surface area contributed by atoms with E-state index in [4.69, 9.17) is 4.74 Å². The first-order valence-electron chi connectivity index (χ1n) is 8.21. The van der Waals surface area contributed by atoms with Gasteiger partial charge in [-0.2, -0.15) is 0 Å². The number of ether oxygens (including phenoxy) is 1. The predicted molar refractivity (Wildman–Crippen MR) is 96.6 cm³/mol. The van der Waals surface area contributed by atoms with Gasteiger partial charge in [0.15, 0.2) is 5.65 Å². The smallest absolute Gasteiger partial charge is 0.168 e. The molecule has 5 nitrogen and oxygen atoms in total. The van der Waals surface area contributed by atoms with Crippen LogP contribution in [0.15, 0.2) is 67.3 Å². The van der Waals surface area contributed by atoms with E-state index in [1.54, 1.807) is 25.8 Å². The summed E-state index contributed by atoms with van der Waals surface area (Å²) in [5, 5.41) is 8.42. The maximum Gasteiger partial charge on any atom is 0.168 e. The summed E-state index contributed by atoms with van der Waals surface area (Å²) in [6.45, 7) is 0. The molecule has 0 aliphatic rings. The molecule has 3 aromatic heterocycles. The molecule has 0 amide bonds. The number of aromatic nitrogens is 4. The molecule has 5 heteroatoms. The molecule has 0 aliphatic heterocycles. The lowest BCUT2D eigenvalue weighted by Crippen LogP contribution is -2.01. The lowest BCUT2D eigenvalue weighted by Gasteiger charge is -2.11. The average molecular weight is 330 g/mol. The van der Waals surface area contributed by atoms with E-state index in [0.29, 0.717) is 0 Å². The molecule has 124 valence electrons. The Bertz CT molecular complexity index is 995. The predicted octanol–water partition coefficient (Wildman–Crippen LogP) is 3.59. The van der Waals surface area contributed by atoms with Crippen LogP contribution in [0.1, 0.15) is 11.3 Å². The molecule has 0 bridgehead atoms. The molecule has 1 aromatic carbocycles. The lowest BCUT2D eigenvalue weighted by molar-refractivity contribution is 0.409. The van der Waals surface area contributed by atoms with Crippen molar-refractivity contribution in [2.75, 3.05) is 7.11 Å². The van der Waals surface area contributed by atoms with Gasteiger partial charge in [0, 0.05) is 23.7 Å². The summed E-state index contributed by atoms with van der Waals surface area (Å²) in [5.74, 6) is 0.927. The van der Waals surface area contributed by atoms with E-state index in [0.717, 1.165) is 35.4 Å². The van der Waals surface area contributed by atoms with Crippen LogP contribution < -0.4 is 4.74 Å². The highest BCUT2D eigenvalue weighted by Crippen LogP contribution is 2.25. The van der Waals surface area contributed by atoms with Crippen molar-refractivity contribution < 1.29 is 4.74 Å². The minimum absolute atomic E-state index is 0.865. The fourth-order valence-electron chi connectivity index (χ4n) is 3.10. The van der Waals surface area contributed by atoms with E-state index < -0.39 is 0 Å². The normalized spacial score (nSPS) is 10.9. The standard InChI is InChI=1S/C20H18N4O/c1-25-19-5-3-2-4-16(19)6-7-17-8-9-18(15-10-12-21-13-11-15)20-23-22-14-24(17)20/h2-5,8-14H,6-7H2,1H3. The van der Waals surface area contributed by atoms with Crippen LogP contribution in [0.3, 0.4) is 0 Å². The third-order valence-electron chi connectivity index (χ3n) is 4.37. The van der Waals surface area contributed by atoms with Gasteiger partial charge in [-0.05, 0) is 54.3 Å². The fraction of sp³-hybridized carbons (Fsp3) is 0.150. The minimum Gasteiger partial charge on any atom is -0.496 e. The quantitative estimate of drug-likeness (QED) is 0.561. The van der Waals surface area contributed by atoms with Crippen molar-refractivity contribution in [2.24, 2.45) is 0 Å². The molecule has 25 heavy (non-hydrogen) atoms. The molecule has 4 rings (SSSR count). The molecular formula is C20H18N4O. The molecule has 0 atom stereocenters. The number of benzene rings is 1. The van der Waals surface area contributed by atoms with Crippen LogP contribution in [0.25, 0.3) is 16.8 Å². The van der Waals surface area contributed by atoms with Gasteiger partial charge >= 0.3 is 0 Å². The Morgan fingerprint density at radius 1 is 0.960 bits per heavy atom. The van der Waals surface area contributed by atoms with Crippen LogP contribution in [0, 0.1) is 0 Å². The molecule has 0 aliphatic carbocycles. The minimum atomic E-state index is 0.865. The number of para-hydroxylation sites is 1. The number of nitrogens with zero attached hydrogens (tertiary/aromatic N) is 4. The van der Waals surface area contributed by atoms with Gasteiger partial charge in [-0.25, -0.2) is 0 Å². The SMILES string of the molecule is COc1ccccc1CCc1ccc(-c2ccncc2)c2nncn12. The number of methoxy groups -OCH3 is 1. The van der Waals surface area contributed by atoms with Crippen molar-refractivity contribution in [1.82, 2.24) is 19.6 Å². The van der Waals surface area contributed by atoms with E-state index in [1.165, 1.54) is 11.3 Å². The summed E-state index contributed by atoms with van der Waals surface area (Å²) in [6, 6.07) is 16.3. The third-order valence-corrected chi connectivity index (χ3v) is 4.37. The van der Waals surface area contributed by atoms with Gasteiger partial charge in [-0.15, -0.1) is 10.2 Å². The van der Waals surface area contributed by atoms with Gasteiger partial charge in [-0.1, -0.05) is 18.2 Å². The molecule has 0 unspecified atom stereocenters. The van der Waals surface area contributed by atoms with Crippen molar-refractivity contribution >= 4 is 5.65 Å². The molecule has 0 saturated heterocycles. The largest absolute Gasteiger partial charge is 0.496 e. The second-order valence-electron chi connectivity index (χ2n) is 5.81. The highest BCUT2D eigenvalue weighted by atomic mass is 16.5. The lowest BCUT2D eigenvalue weighted by atomic mass is 10.0. The van der Waals surface area contributed by atoms with Crippen molar-refractivity contribution in [3.63, 3.8) is 0 Å². The molecule has 0 spiro atoms. The second kappa shape index (κ2) is 6.73. The van der Waals surface area contributed by atoms with Crippen LogP contribution in [0.2, 0.25) is 0 Å². The zero-order chi connectivity index (χ0) is 17.1. The van der Waals surface area contributed by atoms with Gasteiger partial charge < -0.3 is 4.74 Å². The first-order chi connectivity index (χ1) is 12.4. The van der Waals surface area contributed by atoms with Gasteiger partial charge in [0.1, 0.15) is 12.1 Å². The Balaban J connectivity index is 1.67. The number of aryl methyl sites for hydroxylation is 2. The summed E-state index contributed by atoms with van der Waals surface area (Å²) in [4.78, 5) is 4.08. The number of rotatable bonds is 5. The van der Waals surface area contributed by atoms with Gasteiger partial charge in [0.05, 0.1) is 7.11 Å². The van der Waals surface area contributed by atoms with Gasteiger partial charge in [0.25, 0.3) is 0 Å². The van der Waals surface area contributed by atoms with Crippen LogP contribution in [0.4, 0.5) is 0 Å². The molecule has 0 fully saturated rings. The molecule has 0 radical (unpaired) electrons. The van der Waals surface area contributed by atoms with Crippen molar-refractivity contribution in [3.05, 3.63) is 78.5 Å². The summed E-state index contributed by atoms with van der Waals surface area (Å²) in [7, 11) is 1.71. The number of hydrogen-bond acceptors (Lipinski definition) is 4. The van der Waals surface area contributed by atoms with Crippen molar-refractivity contribution in [1.29, 1.82) is 0 Å². The van der Waals surface area contributed by atoms with E-state index in [2.05, 4.69) is 37.8 Å². The summed E-state index contributed by atoms with van der Waals surface area (Å²) >= 11 is 0. The van der Waals surface area contributed by atoms with Crippen LogP contribution in [-0.4, -0.2) is 26.7 Å². The number of fused-ring (bicyclic) bond motifs is 1. The first-order valence-corrected chi connectivity index (χ1v) is 8.21. The van der Waals surface area contributed by atoms with Crippen molar-refractivity contribution in [2.45, 2.75) is 12.8 Å². The zero-order valence-corrected chi connectivity index (χ0v) is 14.0. The Kier molecular flexibility index (Phi) is 4.12. The zero-order valence-electron chi connectivity index (χ0n) is 14.0. The van der Waals surface area contributed by atoms with E-state index >= 15 is 0 Å². The third kappa shape index (κ3) is 2.96. The van der Waals surface area contributed by atoms with Crippen LogP contribution >= 0.6 is 0 Å². The highest BCUT2D eigenvalue weighted by molar-refractivity contribution is 5.77.